The minimum atomic E-state index is -5.00. The third kappa shape index (κ3) is 7.87. The predicted octanol–water partition coefficient (Wildman–Crippen LogP) is 0.766. The molecule has 3 aromatic rings. The number of aromatic nitrogens is 2. The molecule has 16 heteroatoms. The summed E-state index contributed by atoms with van der Waals surface area (Å²) in [4.78, 5) is 21.3. The fraction of sp³-hybridized carbons (Fsp3) is 0.0625. The third-order valence-corrected chi connectivity index (χ3v) is 6.89. The van der Waals surface area contributed by atoms with Gasteiger partial charge in [0.15, 0.2) is 16.7 Å². The van der Waals surface area contributed by atoms with Gasteiger partial charge in [-0.3, -0.25) is 4.57 Å². The molecule has 0 saturated heterocycles. The second kappa shape index (κ2) is 13.2. The van der Waals surface area contributed by atoms with E-state index in [0.29, 0.717) is 16.9 Å². The van der Waals surface area contributed by atoms with E-state index in [4.69, 9.17) is 26.1 Å². The summed E-state index contributed by atoms with van der Waals surface area (Å²) in [6.07, 6.45) is 1.37. The summed E-state index contributed by atoms with van der Waals surface area (Å²) in [5, 5.41) is 0.0921. The summed E-state index contributed by atoms with van der Waals surface area (Å²) >= 11 is 6.15. The zero-order valence-corrected chi connectivity index (χ0v) is 17.1. The van der Waals surface area contributed by atoms with Gasteiger partial charge in [-0.25, -0.2) is 22.4 Å². The van der Waals surface area contributed by atoms with Crippen LogP contribution in [0.15, 0.2) is 53.7 Å². The van der Waals surface area contributed by atoms with Crippen molar-refractivity contribution in [2.45, 2.75) is 4.90 Å². The second-order valence-corrected chi connectivity index (χ2v) is 9.39. The van der Waals surface area contributed by atoms with Gasteiger partial charge < -0.3 is 14.5 Å². The molecule has 0 unspecified atom stereocenters. The van der Waals surface area contributed by atoms with Crippen molar-refractivity contribution in [2.75, 3.05) is 7.11 Å². The van der Waals surface area contributed by atoms with Gasteiger partial charge in [-0.15, -0.1) is 4.49 Å². The Labute approximate surface area is 255 Å². The monoisotopic (exact) mass is 533 g/mol. The van der Waals surface area contributed by atoms with Crippen LogP contribution in [0.4, 0.5) is 4.39 Å². The van der Waals surface area contributed by atoms with Crippen LogP contribution in [0.3, 0.4) is 0 Å². The second-order valence-electron chi connectivity index (χ2n) is 5.74. The van der Waals surface area contributed by atoms with Gasteiger partial charge >= 0.3 is 96.4 Å². The molecule has 0 aliphatic heterocycles. The molecular formula is C16H17ClFN3Na3O6PS. The molecule has 0 saturated carbocycles. The van der Waals surface area contributed by atoms with Gasteiger partial charge in [0.05, 0.1) is 17.7 Å². The molecule has 3 N–H and O–H groups in total. The first-order valence-corrected chi connectivity index (χ1v) is 11.3. The number of imidazole rings is 1. The number of benzene rings is 2. The van der Waals surface area contributed by atoms with Crippen molar-refractivity contribution in [3.05, 3.63) is 59.8 Å². The Kier molecular flexibility index (Phi) is 13.5. The van der Waals surface area contributed by atoms with Gasteiger partial charge in [0.2, 0.25) is 10.0 Å². The maximum atomic E-state index is 14.1. The van der Waals surface area contributed by atoms with Crippen LogP contribution in [0.1, 0.15) is 0 Å². The molecule has 0 spiro atoms. The van der Waals surface area contributed by atoms with E-state index >= 15 is 0 Å². The van der Waals surface area contributed by atoms with Gasteiger partial charge in [0.1, 0.15) is 6.33 Å². The van der Waals surface area contributed by atoms with E-state index in [2.05, 4.69) is 4.98 Å². The average molecular weight is 534 g/mol. The van der Waals surface area contributed by atoms with Crippen molar-refractivity contribution >= 4 is 118 Å². The Hall–Kier alpha value is 0.730. The summed E-state index contributed by atoms with van der Waals surface area (Å²) in [5.41, 5.74) is 1.20. The SMILES string of the molecule is COc1ccc(-c2c(Cl)ncn2-c2ccc(S(=O)(=O)NP(=O)(O)O)cc2)cc1F.[NaH].[NaH].[NaH]. The summed E-state index contributed by atoms with van der Waals surface area (Å²) in [5.74, 6) is -0.540. The van der Waals surface area contributed by atoms with Crippen LogP contribution in [0, 0.1) is 5.82 Å². The van der Waals surface area contributed by atoms with Gasteiger partial charge in [-0.2, -0.15) is 0 Å². The van der Waals surface area contributed by atoms with Gasteiger partial charge in [-0.1, -0.05) is 11.6 Å². The fourth-order valence-corrected chi connectivity index (χ4v) is 5.00. The zero-order valence-electron chi connectivity index (χ0n) is 14.7. The Balaban J connectivity index is 0.00000320. The van der Waals surface area contributed by atoms with Gasteiger partial charge in [-0.05, 0) is 42.5 Å². The quantitative estimate of drug-likeness (QED) is 0.315. The predicted molar refractivity (Wildman–Crippen MR) is 124 cm³/mol. The number of methoxy groups -OCH3 is 1. The van der Waals surface area contributed by atoms with Crippen molar-refractivity contribution in [3.63, 3.8) is 0 Å². The van der Waals surface area contributed by atoms with Crippen molar-refractivity contribution < 1.29 is 31.9 Å². The van der Waals surface area contributed by atoms with Crippen molar-refractivity contribution in [2.24, 2.45) is 0 Å². The van der Waals surface area contributed by atoms with E-state index < -0.39 is 23.6 Å². The molecule has 0 aliphatic carbocycles. The molecule has 0 atom stereocenters. The number of sulfonamides is 1. The van der Waals surface area contributed by atoms with Crippen LogP contribution in [-0.4, -0.2) is 124 Å². The van der Waals surface area contributed by atoms with Crippen molar-refractivity contribution in [1.82, 2.24) is 14.0 Å². The molecule has 2 aromatic carbocycles. The molecule has 9 nitrogen and oxygen atoms in total. The normalized spacial score (nSPS) is 11.0. The zero-order chi connectivity index (χ0) is 21.4. The maximum absolute atomic E-state index is 14.1. The van der Waals surface area contributed by atoms with Crippen LogP contribution < -0.4 is 9.23 Å². The van der Waals surface area contributed by atoms with Crippen LogP contribution in [0.2, 0.25) is 5.15 Å². The Bertz CT molecular complexity index is 1220. The third-order valence-electron chi connectivity index (χ3n) is 3.81. The number of hydrogen-bond acceptors (Lipinski definition) is 5. The first kappa shape index (κ1) is 32.7. The molecule has 32 heavy (non-hydrogen) atoms. The van der Waals surface area contributed by atoms with E-state index in [-0.39, 0.29) is 104 Å². The van der Waals surface area contributed by atoms with E-state index in [0.717, 1.165) is 12.1 Å². The molecule has 0 radical (unpaired) electrons. The Morgan fingerprint density at radius 2 is 1.72 bits per heavy atom. The number of hydrogen-bond donors (Lipinski definition) is 3. The molecule has 0 bridgehead atoms. The number of rotatable bonds is 6. The average Bonchev–Trinajstić information content (AvgIpc) is 3.01. The number of nitrogens with one attached hydrogen (secondary N) is 1. The van der Waals surface area contributed by atoms with Gasteiger partial charge in [0.25, 0.3) is 0 Å². The van der Waals surface area contributed by atoms with E-state index in [9.17, 15) is 17.4 Å². The van der Waals surface area contributed by atoms with Crippen LogP contribution in [0.5, 0.6) is 5.75 Å². The molecule has 160 valence electrons. The summed E-state index contributed by atoms with van der Waals surface area (Å²) in [6, 6.07) is 9.32. The molecular weight excluding hydrogens is 517 g/mol. The van der Waals surface area contributed by atoms with Crippen molar-refractivity contribution in [1.29, 1.82) is 0 Å². The molecule has 1 aromatic heterocycles. The fourth-order valence-electron chi connectivity index (χ4n) is 2.59. The summed E-state index contributed by atoms with van der Waals surface area (Å²) < 4.78 is 56.7. The standard InChI is InChI=1S/C16H14ClFN3O6PS.3Na.3H/c1-27-14-7-2-10(8-13(14)18)15-16(17)19-9-21(15)11-3-5-12(6-4-11)29(25,26)20-28(22,23)24;;;;;;/h2-9H,1H3,(H3,20,22,23,24);;;;;;. The molecule has 0 amide bonds. The molecule has 3 rings (SSSR count). The summed E-state index contributed by atoms with van der Waals surface area (Å²) in [6.45, 7) is 0. The van der Waals surface area contributed by atoms with E-state index in [1.54, 1.807) is 6.07 Å². The number of ether oxygens (including phenoxy) is 1. The first-order chi connectivity index (χ1) is 13.5. The molecule has 1 heterocycles. The Morgan fingerprint density at radius 1 is 1.12 bits per heavy atom. The van der Waals surface area contributed by atoms with Crippen LogP contribution >= 0.6 is 19.3 Å². The molecule has 0 fully saturated rings. The summed E-state index contributed by atoms with van der Waals surface area (Å²) in [7, 11) is -8.07. The Morgan fingerprint density at radius 3 is 2.22 bits per heavy atom. The number of nitrogens with zero attached hydrogens (tertiary/aromatic N) is 2. The van der Waals surface area contributed by atoms with Crippen molar-refractivity contribution in [3.8, 4) is 22.7 Å². The van der Waals surface area contributed by atoms with Crippen LogP contribution in [0.25, 0.3) is 16.9 Å². The topological polar surface area (TPSA) is 131 Å². The van der Waals surface area contributed by atoms with Crippen LogP contribution in [-0.2, 0) is 14.6 Å². The number of halogens is 2. The van der Waals surface area contributed by atoms with Gasteiger partial charge in [0, 0.05) is 11.3 Å². The first-order valence-electron chi connectivity index (χ1n) is 7.78. The molecule has 0 aliphatic rings. The van der Waals surface area contributed by atoms with E-state index in [1.807, 2.05) is 0 Å². The minimum absolute atomic E-state index is 0. The van der Waals surface area contributed by atoms with E-state index in [1.165, 1.54) is 46.8 Å².